The van der Waals surface area contributed by atoms with E-state index >= 15 is 0 Å². The van der Waals surface area contributed by atoms with Gasteiger partial charge in [0.1, 0.15) is 5.76 Å². The third-order valence-electron chi connectivity index (χ3n) is 6.64. The van der Waals surface area contributed by atoms with Crippen LogP contribution in [0.1, 0.15) is 64.1 Å². The van der Waals surface area contributed by atoms with Gasteiger partial charge in [-0.05, 0) is 57.2 Å². The number of aromatic nitrogens is 3. The van der Waals surface area contributed by atoms with Crippen LogP contribution in [0.4, 0.5) is 5.69 Å². The number of rotatable bonds is 4. The molecule has 0 saturated carbocycles. The summed E-state index contributed by atoms with van der Waals surface area (Å²) in [4.78, 5) is 30.0. The van der Waals surface area contributed by atoms with Crippen LogP contribution in [0, 0.1) is 13.8 Å². The first kappa shape index (κ1) is 20.5. The highest BCUT2D eigenvalue weighted by atomic mass is 16.5. The van der Waals surface area contributed by atoms with Gasteiger partial charge in [-0.25, -0.2) is 0 Å². The molecular formula is C24H27N5O3. The zero-order chi connectivity index (χ0) is 22.2. The van der Waals surface area contributed by atoms with Crippen LogP contribution in [-0.4, -0.2) is 45.2 Å². The zero-order valence-corrected chi connectivity index (χ0v) is 18.4. The fourth-order valence-electron chi connectivity index (χ4n) is 4.86. The van der Waals surface area contributed by atoms with E-state index in [-0.39, 0.29) is 24.3 Å². The number of piperidine rings is 1. The lowest BCUT2D eigenvalue weighted by Gasteiger charge is -2.35. The number of hydrogen-bond acceptors (Lipinski definition) is 5. The molecule has 0 spiro atoms. The smallest absolute Gasteiger partial charge is 0.278 e. The van der Waals surface area contributed by atoms with Gasteiger partial charge in [-0.2, -0.15) is 5.10 Å². The number of amides is 2. The largest absolute Gasteiger partial charge is 0.361 e. The molecule has 2 aliphatic rings. The van der Waals surface area contributed by atoms with Gasteiger partial charge < -0.3 is 14.3 Å². The Hall–Kier alpha value is -3.42. The van der Waals surface area contributed by atoms with E-state index in [1.807, 2.05) is 43.0 Å². The highest BCUT2D eigenvalue weighted by Gasteiger charge is 2.32. The summed E-state index contributed by atoms with van der Waals surface area (Å²) < 4.78 is 5.22. The Morgan fingerprint density at radius 3 is 2.84 bits per heavy atom. The summed E-state index contributed by atoms with van der Waals surface area (Å²) in [6, 6.07) is 9.68. The molecule has 0 bridgehead atoms. The van der Waals surface area contributed by atoms with Crippen LogP contribution in [0.2, 0.25) is 0 Å². The third-order valence-corrected chi connectivity index (χ3v) is 6.64. The van der Waals surface area contributed by atoms with Crippen molar-refractivity contribution in [1.29, 1.82) is 0 Å². The minimum Gasteiger partial charge on any atom is -0.361 e. The summed E-state index contributed by atoms with van der Waals surface area (Å²) in [5, 5.41) is 11.3. The van der Waals surface area contributed by atoms with E-state index in [2.05, 4.69) is 21.4 Å². The van der Waals surface area contributed by atoms with E-state index in [1.54, 1.807) is 4.90 Å². The number of carbonyl (C=O) groups is 2. The number of H-pyrrole nitrogens is 1. The summed E-state index contributed by atoms with van der Waals surface area (Å²) in [5.74, 6) is 0.617. The molecule has 2 aromatic heterocycles. The Morgan fingerprint density at radius 1 is 1.19 bits per heavy atom. The second kappa shape index (κ2) is 8.26. The number of likely N-dealkylation sites (tertiary alicyclic amines) is 1. The number of nitrogens with one attached hydrogen (secondary N) is 1. The van der Waals surface area contributed by atoms with Crippen LogP contribution in [0.3, 0.4) is 0 Å². The van der Waals surface area contributed by atoms with Crippen LogP contribution in [0.25, 0.3) is 0 Å². The molecule has 1 N–H and O–H groups in total. The van der Waals surface area contributed by atoms with Gasteiger partial charge >= 0.3 is 0 Å². The van der Waals surface area contributed by atoms with Crippen LogP contribution in [0.15, 0.2) is 34.9 Å². The molecule has 3 aromatic rings. The van der Waals surface area contributed by atoms with Gasteiger partial charge in [-0.3, -0.25) is 14.7 Å². The van der Waals surface area contributed by atoms with E-state index < -0.39 is 0 Å². The molecular weight excluding hydrogens is 406 g/mol. The number of carbonyl (C=O) groups excluding carboxylic acids is 2. The van der Waals surface area contributed by atoms with Crippen LogP contribution >= 0.6 is 0 Å². The highest BCUT2D eigenvalue weighted by molar-refractivity contribution is 6.06. The van der Waals surface area contributed by atoms with E-state index in [4.69, 9.17) is 4.52 Å². The number of aryl methyl sites for hydroxylation is 2. The van der Waals surface area contributed by atoms with Crippen LogP contribution < -0.4 is 4.90 Å². The molecule has 1 aromatic carbocycles. The molecule has 0 radical (unpaired) electrons. The summed E-state index contributed by atoms with van der Waals surface area (Å²) >= 11 is 0. The maximum Gasteiger partial charge on any atom is 0.278 e. The van der Waals surface area contributed by atoms with E-state index in [0.29, 0.717) is 24.5 Å². The Bertz CT molecular complexity index is 1140. The van der Waals surface area contributed by atoms with Gasteiger partial charge in [0.05, 0.1) is 23.9 Å². The van der Waals surface area contributed by atoms with Gasteiger partial charge in [0.2, 0.25) is 5.91 Å². The standard InChI is InChI=1S/C24H27N5O3/c1-15-18(16(2)32-27-15)13-23(30)28-11-6-5-9-22(28)19-14-20(26-25-19)24(31)29-12-10-17-7-3-4-8-21(17)29/h3-4,7-8,14,22H,5-6,9-13H2,1-2H3,(H,25,26). The molecule has 2 amide bonds. The van der Waals surface area contributed by atoms with E-state index in [1.165, 1.54) is 5.56 Å². The number of fused-ring (bicyclic) bond motifs is 1. The molecule has 1 saturated heterocycles. The van der Waals surface area contributed by atoms with Crippen LogP contribution in [-0.2, 0) is 17.6 Å². The van der Waals surface area contributed by atoms with Gasteiger partial charge in [0, 0.05) is 24.3 Å². The number of hydrogen-bond donors (Lipinski definition) is 1. The van der Waals surface area contributed by atoms with E-state index in [9.17, 15) is 9.59 Å². The lowest BCUT2D eigenvalue weighted by molar-refractivity contribution is -0.134. The number of aromatic amines is 1. The molecule has 1 unspecified atom stereocenters. The Kier molecular flexibility index (Phi) is 5.28. The Morgan fingerprint density at radius 2 is 2.03 bits per heavy atom. The van der Waals surface area contributed by atoms with Crippen LogP contribution in [0.5, 0.6) is 0 Å². The van der Waals surface area contributed by atoms with Crippen molar-refractivity contribution in [2.24, 2.45) is 0 Å². The molecule has 0 aliphatic carbocycles. The fourth-order valence-corrected chi connectivity index (χ4v) is 4.86. The Balaban J connectivity index is 1.35. The first-order valence-corrected chi connectivity index (χ1v) is 11.2. The molecule has 1 fully saturated rings. The topological polar surface area (TPSA) is 95.3 Å². The minimum absolute atomic E-state index is 0.0417. The quantitative estimate of drug-likeness (QED) is 0.679. The van der Waals surface area contributed by atoms with Crippen molar-refractivity contribution in [3.63, 3.8) is 0 Å². The Labute approximate surface area is 186 Å². The lowest BCUT2D eigenvalue weighted by Crippen LogP contribution is -2.39. The number of anilines is 1. The van der Waals surface area contributed by atoms with Crippen molar-refractivity contribution in [1.82, 2.24) is 20.3 Å². The van der Waals surface area contributed by atoms with Gasteiger partial charge in [-0.15, -0.1) is 0 Å². The van der Waals surface area contributed by atoms with Crippen molar-refractivity contribution < 1.29 is 14.1 Å². The first-order chi connectivity index (χ1) is 15.5. The van der Waals surface area contributed by atoms with Gasteiger partial charge in [0.25, 0.3) is 5.91 Å². The zero-order valence-electron chi connectivity index (χ0n) is 18.4. The summed E-state index contributed by atoms with van der Waals surface area (Å²) in [7, 11) is 0. The number of nitrogens with zero attached hydrogens (tertiary/aromatic N) is 4. The second-order valence-electron chi connectivity index (χ2n) is 8.62. The van der Waals surface area contributed by atoms with Crippen molar-refractivity contribution >= 4 is 17.5 Å². The first-order valence-electron chi connectivity index (χ1n) is 11.2. The molecule has 32 heavy (non-hydrogen) atoms. The molecule has 8 heteroatoms. The monoisotopic (exact) mass is 433 g/mol. The second-order valence-corrected chi connectivity index (χ2v) is 8.62. The SMILES string of the molecule is Cc1noc(C)c1CC(=O)N1CCCCC1c1cc(C(=O)N2CCc3ccccc32)n[nH]1. The molecule has 5 rings (SSSR count). The predicted octanol–water partition coefficient (Wildman–Crippen LogP) is 3.51. The maximum absolute atomic E-state index is 13.2. The minimum atomic E-state index is -0.114. The van der Waals surface area contributed by atoms with Gasteiger partial charge in [-0.1, -0.05) is 23.4 Å². The maximum atomic E-state index is 13.2. The average Bonchev–Trinajstić information content (AvgIpc) is 3.54. The summed E-state index contributed by atoms with van der Waals surface area (Å²) in [6.45, 7) is 5.04. The molecule has 4 heterocycles. The molecule has 2 aliphatic heterocycles. The fraction of sp³-hybridized carbons (Fsp3) is 0.417. The third kappa shape index (κ3) is 3.59. The van der Waals surface area contributed by atoms with Crippen molar-refractivity contribution in [2.75, 3.05) is 18.0 Å². The lowest BCUT2D eigenvalue weighted by atomic mass is 9.97. The number of para-hydroxylation sites is 1. The van der Waals surface area contributed by atoms with E-state index in [0.717, 1.165) is 48.3 Å². The highest BCUT2D eigenvalue weighted by Crippen LogP contribution is 2.33. The normalized spacial score (nSPS) is 18.1. The predicted molar refractivity (Wildman–Crippen MR) is 118 cm³/mol. The molecule has 1 atom stereocenters. The van der Waals surface area contributed by atoms with Crippen molar-refractivity contribution in [3.05, 3.63) is 64.3 Å². The average molecular weight is 434 g/mol. The molecule has 166 valence electrons. The summed E-state index contributed by atoms with van der Waals surface area (Å²) in [5.41, 5.74) is 4.95. The van der Waals surface area contributed by atoms with Crippen molar-refractivity contribution in [2.45, 2.75) is 52.0 Å². The van der Waals surface area contributed by atoms with Gasteiger partial charge in [0.15, 0.2) is 5.69 Å². The van der Waals surface area contributed by atoms with Crippen molar-refractivity contribution in [3.8, 4) is 0 Å². The molecule has 8 nitrogen and oxygen atoms in total. The summed E-state index contributed by atoms with van der Waals surface area (Å²) in [6.07, 6.45) is 3.96. The number of benzene rings is 1.